The number of rotatable bonds is 3. The Bertz CT molecular complexity index is 640. The van der Waals surface area contributed by atoms with Crippen LogP contribution in [0.3, 0.4) is 0 Å². The van der Waals surface area contributed by atoms with Crippen LogP contribution in [0.25, 0.3) is 0 Å². The molecular weight excluding hydrogens is 268 g/mol. The Hall–Kier alpha value is -1.96. The molecule has 4 N–H and O–H groups in total. The predicted octanol–water partition coefficient (Wildman–Crippen LogP) is 4.60. The number of anilines is 2. The molecule has 0 aliphatic heterocycles. The molecule has 2 heteroatoms. The van der Waals surface area contributed by atoms with Crippen molar-refractivity contribution in [3.8, 4) is 0 Å². The summed E-state index contributed by atoms with van der Waals surface area (Å²) in [6, 6.07) is 15.0. The molecule has 0 heterocycles. The number of nitrogen functional groups attached to an aromatic ring is 2. The fraction of sp³-hybridized carbons (Fsp3) is 0.400. The van der Waals surface area contributed by atoms with Crippen LogP contribution in [0.2, 0.25) is 0 Å². The predicted molar refractivity (Wildman–Crippen MR) is 94.9 cm³/mol. The maximum absolute atomic E-state index is 6.38. The van der Waals surface area contributed by atoms with E-state index in [0.717, 1.165) is 23.4 Å². The summed E-state index contributed by atoms with van der Waals surface area (Å²) in [7, 11) is 0. The second-order valence-corrected chi connectivity index (χ2v) is 6.80. The lowest BCUT2D eigenvalue weighted by atomic mass is 9.65. The summed E-state index contributed by atoms with van der Waals surface area (Å²) in [5, 5.41) is 0. The fourth-order valence-electron chi connectivity index (χ4n) is 3.96. The number of nitrogens with two attached hydrogens (primary N) is 2. The van der Waals surface area contributed by atoms with Crippen molar-refractivity contribution in [1.29, 1.82) is 0 Å². The van der Waals surface area contributed by atoms with Crippen molar-refractivity contribution in [1.82, 2.24) is 0 Å². The van der Waals surface area contributed by atoms with Crippen LogP contribution in [0, 0.1) is 6.92 Å². The number of aryl methyl sites for hydroxylation is 1. The first kappa shape index (κ1) is 15.0. The smallest absolute Gasteiger partial charge is 0.0373 e. The third kappa shape index (κ3) is 2.83. The maximum Gasteiger partial charge on any atom is 0.0373 e. The average molecular weight is 294 g/mol. The van der Waals surface area contributed by atoms with Crippen molar-refractivity contribution < 1.29 is 0 Å². The van der Waals surface area contributed by atoms with Gasteiger partial charge in [-0.15, -0.1) is 0 Å². The Balaban J connectivity index is 2.04. The van der Waals surface area contributed by atoms with Crippen LogP contribution in [0.4, 0.5) is 11.4 Å². The molecule has 22 heavy (non-hydrogen) atoms. The SMILES string of the molecule is Cc1cc(C2(Cc3ccccc3)CCCCC2)c(N)cc1N. The van der Waals surface area contributed by atoms with Gasteiger partial charge in [-0.1, -0.05) is 55.7 Å². The molecule has 0 unspecified atom stereocenters. The van der Waals surface area contributed by atoms with E-state index in [9.17, 15) is 0 Å². The summed E-state index contributed by atoms with van der Waals surface area (Å²) in [4.78, 5) is 0. The minimum atomic E-state index is 0.169. The zero-order valence-corrected chi connectivity index (χ0v) is 13.4. The van der Waals surface area contributed by atoms with Gasteiger partial charge in [-0.25, -0.2) is 0 Å². The molecule has 0 atom stereocenters. The largest absolute Gasteiger partial charge is 0.398 e. The normalized spacial score (nSPS) is 17.3. The molecule has 116 valence electrons. The lowest BCUT2D eigenvalue weighted by Crippen LogP contribution is -2.32. The summed E-state index contributed by atoms with van der Waals surface area (Å²) >= 11 is 0. The van der Waals surface area contributed by atoms with Gasteiger partial charge in [-0.3, -0.25) is 0 Å². The molecule has 0 aromatic heterocycles. The van der Waals surface area contributed by atoms with Crippen LogP contribution < -0.4 is 11.5 Å². The van der Waals surface area contributed by atoms with Gasteiger partial charge in [0, 0.05) is 16.8 Å². The van der Waals surface area contributed by atoms with Crippen LogP contribution in [0.15, 0.2) is 42.5 Å². The van der Waals surface area contributed by atoms with Gasteiger partial charge in [-0.2, -0.15) is 0 Å². The second-order valence-electron chi connectivity index (χ2n) is 6.80. The number of benzene rings is 2. The van der Waals surface area contributed by atoms with Crippen molar-refractivity contribution in [3.05, 3.63) is 59.2 Å². The molecule has 0 spiro atoms. The number of hydrogen-bond donors (Lipinski definition) is 2. The van der Waals surface area contributed by atoms with Crippen molar-refractivity contribution in [2.24, 2.45) is 0 Å². The molecule has 0 radical (unpaired) electrons. The van der Waals surface area contributed by atoms with Gasteiger partial charge in [0.1, 0.15) is 0 Å². The van der Waals surface area contributed by atoms with E-state index in [1.807, 2.05) is 6.07 Å². The quantitative estimate of drug-likeness (QED) is 0.813. The summed E-state index contributed by atoms with van der Waals surface area (Å²) in [5.41, 5.74) is 18.1. The molecule has 3 rings (SSSR count). The Morgan fingerprint density at radius 2 is 1.59 bits per heavy atom. The molecule has 1 fully saturated rings. The van der Waals surface area contributed by atoms with E-state index in [2.05, 4.69) is 43.3 Å². The molecule has 1 aliphatic rings. The van der Waals surface area contributed by atoms with Crippen molar-refractivity contribution in [2.45, 2.75) is 50.9 Å². The van der Waals surface area contributed by atoms with Crippen LogP contribution in [-0.2, 0) is 11.8 Å². The Morgan fingerprint density at radius 3 is 2.27 bits per heavy atom. The lowest BCUT2D eigenvalue weighted by Gasteiger charge is -2.39. The molecule has 2 nitrogen and oxygen atoms in total. The molecule has 1 aliphatic carbocycles. The average Bonchev–Trinajstić information content (AvgIpc) is 2.53. The second kappa shape index (κ2) is 6.04. The van der Waals surface area contributed by atoms with E-state index in [1.54, 1.807) is 0 Å². The molecular formula is C20H26N2. The molecule has 1 saturated carbocycles. The summed E-state index contributed by atoms with van der Waals surface area (Å²) in [6.07, 6.45) is 7.42. The minimum Gasteiger partial charge on any atom is -0.398 e. The molecule has 0 bridgehead atoms. The first-order valence-corrected chi connectivity index (χ1v) is 8.31. The van der Waals surface area contributed by atoms with Gasteiger partial charge in [0.2, 0.25) is 0 Å². The highest BCUT2D eigenvalue weighted by Crippen LogP contribution is 2.45. The topological polar surface area (TPSA) is 52.0 Å². The van der Waals surface area contributed by atoms with E-state index in [1.165, 1.54) is 43.2 Å². The fourth-order valence-corrected chi connectivity index (χ4v) is 3.96. The van der Waals surface area contributed by atoms with E-state index in [0.29, 0.717) is 0 Å². The minimum absolute atomic E-state index is 0.169. The first-order valence-electron chi connectivity index (χ1n) is 8.31. The van der Waals surface area contributed by atoms with Crippen molar-refractivity contribution in [3.63, 3.8) is 0 Å². The van der Waals surface area contributed by atoms with E-state index >= 15 is 0 Å². The maximum atomic E-state index is 6.38. The van der Waals surface area contributed by atoms with Crippen LogP contribution in [0.1, 0.15) is 48.8 Å². The van der Waals surface area contributed by atoms with Crippen molar-refractivity contribution in [2.75, 3.05) is 11.5 Å². The van der Waals surface area contributed by atoms with E-state index in [-0.39, 0.29) is 5.41 Å². The number of hydrogen-bond acceptors (Lipinski definition) is 2. The summed E-state index contributed by atoms with van der Waals surface area (Å²) < 4.78 is 0. The van der Waals surface area contributed by atoms with E-state index < -0.39 is 0 Å². The van der Waals surface area contributed by atoms with Crippen LogP contribution >= 0.6 is 0 Å². The van der Waals surface area contributed by atoms with Gasteiger partial charge < -0.3 is 11.5 Å². The summed E-state index contributed by atoms with van der Waals surface area (Å²) in [5.74, 6) is 0. The first-order chi connectivity index (χ1) is 10.6. The lowest BCUT2D eigenvalue weighted by molar-refractivity contribution is 0.291. The molecule has 0 amide bonds. The highest BCUT2D eigenvalue weighted by atomic mass is 14.6. The van der Waals surface area contributed by atoms with Gasteiger partial charge in [0.15, 0.2) is 0 Å². The third-order valence-corrected chi connectivity index (χ3v) is 5.21. The van der Waals surface area contributed by atoms with Gasteiger partial charge >= 0.3 is 0 Å². The summed E-state index contributed by atoms with van der Waals surface area (Å²) in [6.45, 7) is 2.08. The molecule has 2 aromatic carbocycles. The Kier molecular flexibility index (Phi) is 4.10. The highest BCUT2D eigenvalue weighted by Gasteiger charge is 2.35. The standard InChI is InChI=1S/C20H26N2/c1-15-12-17(19(22)13-18(15)21)20(10-6-3-7-11-20)14-16-8-4-2-5-9-16/h2,4-5,8-9,12-13H,3,6-7,10-11,14,21-22H2,1H3. The Labute approximate surface area is 133 Å². The van der Waals surface area contributed by atoms with Gasteiger partial charge in [0.05, 0.1) is 0 Å². The molecule has 0 saturated heterocycles. The van der Waals surface area contributed by atoms with Gasteiger partial charge in [0.25, 0.3) is 0 Å². The van der Waals surface area contributed by atoms with E-state index in [4.69, 9.17) is 11.5 Å². The third-order valence-electron chi connectivity index (χ3n) is 5.21. The van der Waals surface area contributed by atoms with Crippen molar-refractivity contribution >= 4 is 11.4 Å². The molecule has 2 aromatic rings. The highest BCUT2D eigenvalue weighted by molar-refractivity contribution is 5.63. The van der Waals surface area contributed by atoms with Gasteiger partial charge in [-0.05, 0) is 48.9 Å². The zero-order valence-electron chi connectivity index (χ0n) is 13.4. The zero-order chi connectivity index (χ0) is 15.6. The van der Waals surface area contributed by atoms with Crippen LogP contribution in [-0.4, -0.2) is 0 Å². The Morgan fingerprint density at radius 1 is 0.909 bits per heavy atom. The van der Waals surface area contributed by atoms with Crippen LogP contribution in [0.5, 0.6) is 0 Å². The monoisotopic (exact) mass is 294 g/mol.